The van der Waals surface area contributed by atoms with Crippen LogP contribution in [0.5, 0.6) is 0 Å². The molecule has 6 heteroatoms. The fourth-order valence-electron chi connectivity index (χ4n) is 2.22. The number of benzene rings is 1. The third kappa shape index (κ3) is 4.75. The van der Waals surface area contributed by atoms with Crippen LogP contribution < -0.4 is 16.7 Å². The monoisotopic (exact) mass is 290 g/mol. The van der Waals surface area contributed by atoms with Crippen LogP contribution in [-0.2, 0) is 11.2 Å². The molecule has 0 saturated heterocycles. The molecule has 0 aliphatic heterocycles. The second kappa shape index (κ2) is 7.08. The predicted molar refractivity (Wildman–Crippen MR) is 83.1 cm³/mol. The quantitative estimate of drug-likeness (QED) is 0.612. The van der Waals surface area contributed by atoms with Crippen molar-refractivity contribution in [3.63, 3.8) is 0 Å². The molecule has 21 heavy (non-hydrogen) atoms. The number of nitrogens with two attached hydrogens (primary N) is 1. The maximum absolute atomic E-state index is 11.6. The molecule has 5 N–H and O–H groups in total. The number of hydrogen-bond acceptors (Lipinski definition) is 3. The lowest BCUT2D eigenvalue weighted by Crippen LogP contribution is -2.28. The van der Waals surface area contributed by atoms with Crippen molar-refractivity contribution in [2.24, 2.45) is 5.73 Å². The Balaban J connectivity index is 1.76. The number of hydrogen-bond donors (Lipinski definition) is 4. The first kappa shape index (κ1) is 15.3. The van der Waals surface area contributed by atoms with Crippen molar-refractivity contribution >= 4 is 16.9 Å². The highest BCUT2D eigenvalue weighted by Crippen LogP contribution is 2.12. The molecule has 2 rings (SSSR count). The van der Waals surface area contributed by atoms with Gasteiger partial charge in [-0.1, -0.05) is 6.07 Å². The second-order valence-corrected chi connectivity index (χ2v) is 5.43. The van der Waals surface area contributed by atoms with Gasteiger partial charge in [-0.3, -0.25) is 4.79 Å². The number of fused-ring (bicyclic) bond motifs is 1. The Hall–Kier alpha value is -2.08. The molecule has 1 heterocycles. The molecular formula is C15H22N4O2. The van der Waals surface area contributed by atoms with Crippen LogP contribution in [0.3, 0.4) is 0 Å². The van der Waals surface area contributed by atoms with Gasteiger partial charge in [-0.15, -0.1) is 0 Å². The molecular weight excluding hydrogens is 268 g/mol. The molecule has 0 aliphatic rings. The molecule has 6 nitrogen and oxygen atoms in total. The van der Waals surface area contributed by atoms with Crippen molar-refractivity contribution in [2.45, 2.75) is 38.6 Å². The molecule has 1 aromatic heterocycles. The van der Waals surface area contributed by atoms with Crippen LogP contribution in [-0.4, -0.2) is 28.5 Å². The molecule has 0 saturated carbocycles. The van der Waals surface area contributed by atoms with Gasteiger partial charge in [0.25, 0.3) is 0 Å². The van der Waals surface area contributed by atoms with E-state index in [1.54, 1.807) is 0 Å². The smallest absolute Gasteiger partial charge is 0.323 e. The van der Waals surface area contributed by atoms with Gasteiger partial charge in [0.05, 0.1) is 11.0 Å². The largest absolute Gasteiger partial charge is 0.356 e. The Morgan fingerprint density at radius 2 is 2.10 bits per heavy atom. The standard InChI is InChI=1S/C15H22N4O2/c1-10(16)7-8-17-14(20)4-2-3-11-5-6-12-13(9-11)19-15(21)18-12/h5-6,9-10H,2-4,7-8,16H2,1H3,(H,17,20)(H2,18,19,21). The molecule has 1 unspecified atom stereocenters. The molecule has 114 valence electrons. The van der Waals surface area contributed by atoms with Gasteiger partial charge in [-0.2, -0.15) is 0 Å². The van der Waals surface area contributed by atoms with Crippen LogP contribution in [0.25, 0.3) is 11.0 Å². The van der Waals surface area contributed by atoms with Crippen molar-refractivity contribution in [1.29, 1.82) is 0 Å². The average Bonchev–Trinajstić information content (AvgIpc) is 2.77. The van der Waals surface area contributed by atoms with Crippen LogP contribution in [0.4, 0.5) is 0 Å². The van der Waals surface area contributed by atoms with Gasteiger partial charge in [-0.05, 0) is 43.9 Å². The molecule has 0 aliphatic carbocycles. The number of amides is 1. The molecule has 0 radical (unpaired) electrons. The van der Waals surface area contributed by atoms with Gasteiger partial charge >= 0.3 is 5.69 Å². The minimum Gasteiger partial charge on any atom is -0.356 e. The van der Waals surface area contributed by atoms with Crippen molar-refractivity contribution in [1.82, 2.24) is 15.3 Å². The fraction of sp³-hybridized carbons (Fsp3) is 0.467. The Bertz CT molecular complexity index is 657. The summed E-state index contributed by atoms with van der Waals surface area (Å²) in [5, 5.41) is 2.86. The third-order valence-electron chi connectivity index (χ3n) is 3.37. The minimum atomic E-state index is -0.198. The SMILES string of the molecule is CC(N)CCNC(=O)CCCc1ccc2[nH]c(=O)[nH]c2c1. The molecule has 1 aromatic carbocycles. The van der Waals surface area contributed by atoms with E-state index in [1.165, 1.54) is 0 Å². The highest BCUT2D eigenvalue weighted by atomic mass is 16.1. The molecule has 1 atom stereocenters. The molecule has 0 bridgehead atoms. The van der Waals surface area contributed by atoms with E-state index >= 15 is 0 Å². The van der Waals surface area contributed by atoms with Crippen LogP contribution in [0.2, 0.25) is 0 Å². The van der Waals surface area contributed by atoms with Gasteiger partial charge in [0, 0.05) is 19.0 Å². The number of aromatic amines is 2. The van der Waals surface area contributed by atoms with Crippen molar-refractivity contribution < 1.29 is 4.79 Å². The Morgan fingerprint density at radius 1 is 1.33 bits per heavy atom. The number of carbonyl (C=O) groups is 1. The summed E-state index contributed by atoms with van der Waals surface area (Å²) in [5.74, 6) is 0.0618. The van der Waals surface area contributed by atoms with E-state index < -0.39 is 0 Å². The van der Waals surface area contributed by atoms with E-state index in [4.69, 9.17) is 5.73 Å². The molecule has 0 spiro atoms. The zero-order valence-electron chi connectivity index (χ0n) is 12.2. The Morgan fingerprint density at radius 3 is 2.86 bits per heavy atom. The highest BCUT2D eigenvalue weighted by molar-refractivity contribution is 5.76. The maximum Gasteiger partial charge on any atom is 0.323 e. The lowest BCUT2D eigenvalue weighted by atomic mass is 10.1. The van der Waals surface area contributed by atoms with Crippen LogP contribution in [0, 0.1) is 0 Å². The van der Waals surface area contributed by atoms with Crippen molar-refractivity contribution in [3.8, 4) is 0 Å². The highest BCUT2D eigenvalue weighted by Gasteiger charge is 2.04. The summed E-state index contributed by atoms with van der Waals surface area (Å²) >= 11 is 0. The topological polar surface area (TPSA) is 104 Å². The third-order valence-corrected chi connectivity index (χ3v) is 3.37. The zero-order valence-corrected chi connectivity index (χ0v) is 12.2. The minimum absolute atomic E-state index is 0.0618. The van der Waals surface area contributed by atoms with E-state index in [0.717, 1.165) is 35.9 Å². The van der Waals surface area contributed by atoms with E-state index in [0.29, 0.717) is 13.0 Å². The van der Waals surface area contributed by atoms with Crippen LogP contribution in [0.15, 0.2) is 23.0 Å². The fourth-order valence-corrected chi connectivity index (χ4v) is 2.22. The van der Waals surface area contributed by atoms with E-state index in [1.807, 2.05) is 25.1 Å². The molecule has 0 fully saturated rings. The van der Waals surface area contributed by atoms with Gasteiger partial charge in [0.15, 0.2) is 0 Å². The first-order valence-corrected chi connectivity index (χ1v) is 7.28. The first-order valence-electron chi connectivity index (χ1n) is 7.28. The normalized spacial score (nSPS) is 12.5. The van der Waals surface area contributed by atoms with Gasteiger partial charge < -0.3 is 21.0 Å². The number of rotatable bonds is 7. The van der Waals surface area contributed by atoms with Crippen molar-refractivity contribution in [2.75, 3.05) is 6.54 Å². The summed E-state index contributed by atoms with van der Waals surface area (Å²) in [6.07, 6.45) is 2.89. The van der Waals surface area contributed by atoms with Gasteiger partial charge in [0.2, 0.25) is 5.91 Å². The summed E-state index contributed by atoms with van der Waals surface area (Å²) in [6, 6.07) is 5.91. The number of nitrogens with one attached hydrogen (secondary N) is 3. The lowest BCUT2D eigenvalue weighted by molar-refractivity contribution is -0.121. The summed E-state index contributed by atoms with van der Waals surface area (Å²) in [4.78, 5) is 28.2. The van der Waals surface area contributed by atoms with Gasteiger partial charge in [0.1, 0.15) is 0 Å². The average molecular weight is 290 g/mol. The molecule has 1 amide bonds. The zero-order chi connectivity index (χ0) is 15.2. The summed E-state index contributed by atoms with van der Waals surface area (Å²) in [7, 11) is 0. The van der Waals surface area contributed by atoms with Crippen LogP contribution in [0.1, 0.15) is 31.7 Å². The van der Waals surface area contributed by atoms with E-state index in [-0.39, 0.29) is 17.6 Å². The number of aryl methyl sites for hydroxylation is 1. The van der Waals surface area contributed by atoms with E-state index in [9.17, 15) is 9.59 Å². The Labute approximate surface area is 123 Å². The van der Waals surface area contributed by atoms with Crippen molar-refractivity contribution in [3.05, 3.63) is 34.2 Å². The number of aromatic nitrogens is 2. The number of H-pyrrole nitrogens is 2. The second-order valence-electron chi connectivity index (χ2n) is 5.43. The number of carbonyl (C=O) groups excluding carboxylic acids is 1. The predicted octanol–water partition coefficient (Wildman–Crippen LogP) is 1.03. The van der Waals surface area contributed by atoms with Gasteiger partial charge in [-0.25, -0.2) is 4.79 Å². The lowest BCUT2D eigenvalue weighted by Gasteiger charge is -2.07. The summed E-state index contributed by atoms with van der Waals surface area (Å²) in [5.41, 5.74) is 8.14. The number of imidazole rings is 1. The first-order chi connectivity index (χ1) is 10.0. The van der Waals surface area contributed by atoms with Crippen LogP contribution >= 0.6 is 0 Å². The maximum atomic E-state index is 11.6. The van der Waals surface area contributed by atoms with E-state index in [2.05, 4.69) is 15.3 Å². The molecule has 2 aromatic rings. The summed E-state index contributed by atoms with van der Waals surface area (Å²) in [6.45, 7) is 2.56. The summed E-state index contributed by atoms with van der Waals surface area (Å²) < 4.78 is 0. The Kier molecular flexibility index (Phi) is 5.16.